The van der Waals surface area contributed by atoms with Gasteiger partial charge in [0.2, 0.25) is 15.9 Å². The molecule has 1 amide bonds. The minimum absolute atomic E-state index is 0.310. The predicted molar refractivity (Wildman–Crippen MR) is 141 cm³/mol. The first-order valence-electron chi connectivity index (χ1n) is 10.3. The van der Waals surface area contributed by atoms with Crippen molar-refractivity contribution in [2.75, 3.05) is 29.4 Å². The van der Waals surface area contributed by atoms with Crippen LogP contribution >= 0.6 is 35.0 Å². The summed E-state index contributed by atoms with van der Waals surface area (Å²) >= 11 is 13.6. The van der Waals surface area contributed by atoms with Gasteiger partial charge in [0.25, 0.3) is 0 Å². The molecule has 3 rings (SSSR count). The lowest BCUT2D eigenvalue weighted by atomic mass is 10.2. The molecule has 1 N–H and O–H groups in total. The summed E-state index contributed by atoms with van der Waals surface area (Å²) in [7, 11) is -3.66. The molecule has 0 bridgehead atoms. The van der Waals surface area contributed by atoms with Crippen LogP contribution in [0, 0.1) is 0 Å². The molecule has 0 spiro atoms. The van der Waals surface area contributed by atoms with Gasteiger partial charge in [0.15, 0.2) is 0 Å². The topological polar surface area (TPSA) is 75.7 Å². The number of sulfonamides is 1. The second kappa shape index (κ2) is 12.4. The SMILES string of the molecule is CS(=O)(=O)N(CC(=O)NCCSCc1ccc(Cl)c(Cl)c1)c1ccc(Oc2ccccc2)cc1. The number of hydrogen-bond donors (Lipinski definition) is 1. The number of carbonyl (C=O) groups excluding carboxylic acids is 1. The molecule has 6 nitrogen and oxygen atoms in total. The van der Waals surface area contributed by atoms with Crippen LogP contribution in [0.2, 0.25) is 10.0 Å². The highest BCUT2D eigenvalue weighted by atomic mass is 35.5. The number of halogens is 2. The zero-order valence-electron chi connectivity index (χ0n) is 18.4. The smallest absolute Gasteiger partial charge is 0.240 e. The van der Waals surface area contributed by atoms with Crippen molar-refractivity contribution >= 4 is 56.6 Å². The summed E-state index contributed by atoms with van der Waals surface area (Å²) in [5.74, 6) is 2.24. The highest BCUT2D eigenvalue weighted by Crippen LogP contribution is 2.26. The zero-order valence-corrected chi connectivity index (χ0v) is 21.6. The Morgan fingerprint density at radius 2 is 1.65 bits per heavy atom. The van der Waals surface area contributed by atoms with Gasteiger partial charge >= 0.3 is 0 Å². The summed E-state index contributed by atoms with van der Waals surface area (Å²) in [6, 6.07) is 21.3. The average molecular weight is 540 g/mol. The number of hydrogen-bond acceptors (Lipinski definition) is 5. The third-order valence-electron chi connectivity index (χ3n) is 4.61. The number of nitrogens with zero attached hydrogens (tertiary/aromatic N) is 1. The second-order valence-electron chi connectivity index (χ2n) is 7.33. The van der Waals surface area contributed by atoms with Gasteiger partial charge in [-0.15, -0.1) is 0 Å². The minimum atomic E-state index is -3.66. The first kappa shape index (κ1) is 26.2. The molecule has 3 aromatic rings. The summed E-state index contributed by atoms with van der Waals surface area (Å²) < 4.78 is 31.4. The number of amides is 1. The van der Waals surface area contributed by atoms with E-state index in [0.29, 0.717) is 39.5 Å². The van der Waals surface area contributed by atoms with Crippen LogP contribution < -0.4 is 14.4 Å². The Bertz CT molecular complexity index is 1210. The highest BCUT2D eigenvalue weighted by molar-refractivity contribution is 7.98. The average Bonchev–Trinajstić information content (AvgIpc) is 2.80. The number of benzene rings is 3. The summed E-state index contributed by atoms with van der Waals surface area (Å²) in [5.41, 5.74) is 1.42. The van der Waals surface area contributed by atoms with Crippen molar-refractivity contribution in [1.29, 1.82) is 0 Å². The number of thioether (sulfide) groups is 1. The molecule has 0 aliphatic carbocycles. The molecule has 0 saturated carbocycles. The van der Waals surface area contributed by atoms with E-state index in [1.165, 1.54) is 0 Å². The number of nitrogens with one attached hydrogen (secondary N) is 1. The zero-order chi connectivity index (χ0) is 24.6. The van der Waals surface area contributed by atoms with E-state index in [9.17, 15) is 13.2 Å². The van der Waals surface area contributed by atoms with E-state index in [-0.39, 0.29) is 12.5 Å². The fraction of sp³-hybridized carbons (Fsp3) is 0.208. The fourth-order valence-corrected chi connectivity index (χ4v) is 4.96. The second-order valence-corrected chi connectivity index (χ2v) is 11.2. The van der Waals surface area contributed by atoms with Crippen LogP contribution in [0.15, 0.2) is 72.8 Å². The van der Waals surface area contributed by atoms with Crippen LogP contribution in [0.1, 0.15) is 5.56 Å². The van der Waals surface area contributed by atoms with Crippen molar-refractivity contribution in [3.8, 4) is 11.5 Å². The van der Waals surface area contributed by atoms with Crippen LogP contribution in [-0.2, 0) is 20.6 Å². The maximum absolute atomic E-state index is 12.4. The molecule has 0 aliphatic rings. The Kier molecular flexibility index (Phi) is 9.53. The van der Waals surface area contributed by atoms with Crippen molar-refractivity contribution in [2.45, 2.75) is 5.75 Å². The van der Waals surface area contributed by atoms with Gasteiger partial charge in [0.05, 0.1) is 22.0 Å². The van der Waals surface area contributed by atoms with Crippen LogP contribution in [0.4, 0.5) is 5.69 Å². The van der Waals surface area contributed by atoms with E-state index in [1.807, 2.05) is 42.5 Å². The van der Waals surface area contributed by atoms with E-state index in [0.717, 1.165) is 21.9 Å². The normalized spacial score (nSPS) is 11.1. The molecule has 0 unspecified atom stereocenters. The summed E-state index contributed by atoms with van der Waals surface area (Å²) in [6.07, 6.45) is 1.07. The van der Waals surface area contributed by atoms with Crippen molar-refractivity contribution in [2.24, 2.45) is 0 Å². The van der Waals surface area contributed by atoms with E-state index in [2.05, 4.69) is 5.32 Å². The van der Waals surface area contributed by atoms with Gasteiger partial charge in [-0.25, -0.2) is 8.42 Å². The molecule has 0 saturated heterocycles. The van der Waals surface area contributed by atoms with Gasteiger partial charge < -0.3 is 10.1 Å². The Morgan fingerprint density at radius 1 is 0.971 bits per heavy atom. The van der Waals surface area contributed by atoms with Gasteiger partial charge in [-0.05, 0) is 54.1 Å². The summed E-state index contributed by atoms with van der Waals surface area (Å²) in [6.45, 7) is 0.0987. The number of ether oxygens (including phenoxy) is 1. The van der Waals surface area contributed by atoms with Crippen LogP contribution in [0.25, 0.3) is 0 Å². The highest BCUT2D eigenvalue weighted by Gasteiger charge is 2.20. The Morgan fingerprint density at radius 3 is 2.29 bits per heavy atom. The molecular formula is C24H24Cl2N2O4S2. The number of para-hydroxylation sites is 1. The number of rotatable bonds is 11. The molecule has 0 heterocycles. The van der Waals surface area contributed by atoms with Gasteiger partial charge in [0, 0.05) is 18.1 Å². The third kappa shape index (κ3) is 8.13. The Labute approximate surface area is 214 Å². The van der Waals surface area contributed by atoms with E-state index in [1.54, 1.807) is 42.1 Å². The molecule has 0 aromatic heterocycles. The Balaban J connectivity index is 1.50. The third-order valence-corrected chi connectivity index (χ3v) is 7.52. The van der Waals surface area contributed by atoms with Crippen molar-refractivity contribution in [3.63, 3.8) is 0 Å². The summed E-state index contributed by atoms with van der Waals surface area (Å²) in [4.78, 5) is 12.4. The quantitative estimate of drug-likeness (QED) is 0.321. The molecular weight excluding hydrogens is 515 g/mol. The van der Waals surface area contributed by atoms with E-state index < -0.39 is 10.0 Å². The molecule has 0 fully saturated rings. The van der Waals surface area contributed by atoms with Gasteiger partial charge in [-0.3, -0.25) is 9.10 Å². The van der Waals surface area contributed by atoms with Crippen LogP contribution in [-0.4, -0.2) is 39.4 Å². The maximum atomic E-state index is 12.4. The van der Waals surface area contributed by atoms with Gasteiger partial charge in [-0.1, -0.05) is 47.5 Å². The Hall–Kier alpha value is -2.39. The van der Waals surface area contributed by atoms with Gasteiger partial charge in [0.1, 0.15) is 18.0 Å². The minimum Gasteiger partial charge on any atom is -0.457 e. The molecule has 0 aliphatic heterocycles. The van der Waals surface area contributed by atoms with Crippen LogP contribution in [0.5, 0.6) is 11.5 Å². The van der Waals surface area contributed by atoms with Gasteiger partial charge in [-0.2, -0.15) is 11.8 Å². The van der Waals surface area contributed by atoms with Crippen molar-refractivity contribution < 1.29 is 17.9 Å². The predicted octanol–water partition coefficient (Wildman–Crippen LogP) is 5.60. The van der Waals surface area contributed by atoms with Crippen molar-refractivity contribution in [3.05, 3.63) is 88.4 Å². The maximum Gasteiger partial charge on any atom is 0.240 e. The molecule has 0 radical (unpaired) electrons. The molecule has 34 heavy (non-hydrogen) atoms. The largest absolute Gasteiger partial charge is 0.457 e. The lowest BCUT2D eigenvalue weighted by Crippen LogP contribution is -2.41. The summed E-state index contributed by atoms with van der Waals surface area (Å²) in [5, 5.41) is 3.79. The van der Waals surface area contributed by atoms with Crippen molar-refractivity contribution in [1.82, 2.24) is 5.32 Å². The monoisotopic (exact) mass is 538 g/mol. The molecule has 10 heteroatoms. The lowest BCUT2D eigenvalue weighted by Gasteiger charge is -2.22. The lowest BCUT2D eigenvalue weighted by molar-refractivity contribution is -0.119. The molecule has 3 aromatic carbocycles. The van der Waals surface area contributed by atoms with E-state index >= 15 is 0 Å². The molecule has 0 atom stereocenters. The first-order valence-corrected chi connectivity index (χ1v) is 14.1. The van der Waals surface area contributed by atoms with E-state index in [4.69, 9.17) is 27.9 Å². The number of anilines is 1. The standard InChI is InChI=1S/C24H24Cl2N2O4S2/c1-34(30,31)28(19-8-10-21(11-9-19)32-20-5-3-2-4-6-20)16-24(29)27-13-14-33-17-18-7-12-22(25)23(26)15-18/h2-12,15H,13-14,16-17H2,1H3,(H,27,29). The first-order chi connectivity index (χ1) is 16.2. The number of carbonyl (C=O) groups is 1. The fourth-order valence-electron chi connectivity index (χ4n) is 2.97. The molecule has 180 valence electrons. The van der Waals surface area contributed by atoms with Crippen LogP contribution in [0.3, 0.4) is 0 Å².